The van der Waals surface area contributed by atoms with E-state index >= 15 is 0 Å². The number of nitrogens with two attached hydrogens (primary N) is 1. The van der Waals surface area contributed by atoms with Crippen molar-refractivity contribution in [2.75, 3.05) is 6.54 Å². The Labute approximate surface area is 92.4 Å². The van der Waals surface area contributed by atoms with Gasteiger partial charge in [0.05, 0.1) is 0 Å². The summed E-state index contributed by atoms with van der Waals surface area (Å²) < 4.78 is 5.95. The maximum absolute atomic E-state index is 5.95. The summed E-state index contributed by atoms with van der Waals surface area (Å²) in [5.41, 5.74) is 6.54. The van der Waals surface area contributed by atoms with E-state index in [1.54, 1.807) is 0 Å². The van der Waals surface area contributed by atoms with Gasteiger partial charge in [-0.1, -0.05) is 26.0 Å². The first kappa shape index (κ1) is 12.1. The van der Waals surface area contributed by atoms with Crippen LogP contribution in [0.1, 0.15) is 32.3 Å². The molecule has 1 rings (SSSR count). The minimum Gasteiger partial charge on any atom is -0.486 e. The minimum atomic E-state index is -0.220. The molecule has 0 spiro atoms. The lowest BCUT2D eigenvalue weighted by Crippen LogP contribution is -2.42. The fourth-order valence-electron chi connectivity index (χ4n) is 1.53. The molecule has 15 heavy (non-hydrogen) atoms. The zero-order chi connectivity index (χ0) is 11.3. The minimum absolute atomic E-state index is 0.220. The van der Waals surface area contributed by atoms with E-state index in [1.807, 2.05) is 24.3 Å². The van der Waals surface area contributed by atoms with Crippen LogP contribution in [0.25, 0.3) is 0 Å². The maximum Gasteiger partial charge on any atom is 0.121 e. The quantitative estimate of drug-likeness (QED) is 0.804. The van der Waals surface area contributed by atoms with Crippen molar-refractivity contribution in [2.45, 2.75) is 32.3 Å². The summed E-state index contributed by atoms with van der Waals surface area (Å²) in [6.45, 7) is 8.59. The topological polar surface area (TPSA) is 35.2 Å². The van der Waals surface area contributed by atoms with Gasteiger partial charge in [-0.05, 0) is 37.5 Å². The smallest absolute Gasteiger partial charge is 0.121 e. The third-order valence-electron chi connectivity index (χ3n) is 2.92. The second-order valence-corrected chi connectivity index (χ2v) is 3.84. The lowest BCUT2D eigenvalue weighted by Gasteiger charge is -2.31. The van der Waals surface area contributed by atoms with Gasteiger partial charge in [-0.15, -0.1) is 0 Å². The monoisotopic (exact) mass is 206 g/mol. The predicted molar refractivity (Wildman–Crippen MR) is 63.9 cm³/mol. The standard InChI is InChI=1S/C13H20NO/c1-4-13(5-2,10-14)15-12-8-6-11(3)7-9-12/h6-9H,3-5,10,14H2,1-2H3. The first-order valence-electron chi connectivity index (χ1n) is 5.47. The Bertz CT molecular complexity index is 280. The Morgan fingerprint density at radius 1 is 1.20 bits per heavy atom. The van der Waals surface area contributed by atoms with Crippen LogP contribution >= 0.6 is 0 Å². The highest BCUT2D eigenvalue weighted by molar-refractivity contribution is 5.29. The molecule has 83 valence electrons. The van der Waals surface area contributed by atoms with Crippen molar-refractivity contribution in [1.29, 1.82) is 0 Å². The molecular formula is C13H20NO. The fraction of sp³-hybridized carbons (Fsp3) is 0.462. The highest BCUT2D eigenvalue weighted by Crippen LogP contribution is 2.23. The molecule has 0 aliphatic carbocycles. The van der Waals surface area contributed by atoms with Crippen LogP contribution in [0, 0.1) is 6.92 Å². The summed E-state index contributed by atoms with van der Waals surface area (Å²) in [5, 5.41) is 0. The van der Waals surface area contributed by atoms with Gasteiger partial charge in [0, 0.05) is 6.54 Å². The lowest BCUT2D eigenvalue weighted by molar-refractivity contribution is 0.0692. The van der Waals surface area contributed by atoms with Crippen molar-refractivity contribution in [3.8, 4) is 5.75 Å². The second kappa shape index (κ2) is 5.17. The van der Waals surface area contributed by atoms with Gasteiger partial charge in [-0.25, -0.2) is 0 Å². The molecule has 0 aromatic heterocycles. The first-order valence-corrected chi connectivity index (χ1v) is 5.47. The molecule has 0 heterocycles. The van der Waals surface area contributed by atoms with Crippen LogP contribution in [0.2, 0.25) is 0 Å². The average Bonchev–Trinajstić information content (AvgIpc) is 2.29. The molecule has 0 atom stereocenters. The normalized spacial score (nSPS) is 11.5. The third-order valence-corrected chi connectivity index (χ3v) is 2.92. The molecule has 1 radical (unpaired) electrons. The van der Waals surface area contributed by atoms with E-state index in [-0.39, 0.29) is 5.60 Å². The molecule has 0 saturated carbocycles. The molecule has 1 aromatic rings. The van der Waals surface area contributed by atoms with E-state index in [0.29, 0.717) is 6.54 Å². The van der Waals surface area contributed by atoms with Crippen molar-refractivity contribution in [3.05, 3.63) is 36.8 Å². The summed E-state index contributed by atoms with van der Waals surface area (Å²) in [6.07, 6.45) is 1.85. The number of ether oxygens (including phenoxy) is 1. The van der Waals surface area contributed by atoms with Crippen molar-refractivity contribution in [2.24, 2.45) is 5.73 Å². The molecule has 0 aliphatic heterocycles. The van der Waals surface area contributed by atoms with Crippen LogP contribution < -0.4 is 10.5 Å². The number of rotatable bonds is 5. The Kier molecular flexibility index (Phi) is 4.15. The summed E-state index contributed by atoms with van der Waals surface area (Å²) in [7, 11) is 0. The first-order chi connectivity index (χ1) is 7.15. The number of benzene rings is 1. The third kappa shape index (κ3) is 2.96. The fourth-order valence-corrected chi connectivity index (χ4v) is 1.53. The summed E-state index contributed by atoms with van der Waals surface area (Å²) in [5.74, 6) is 0.872. The van der Waals surface area contributed by atoms with Crippen molar-refractivity contribution < 1.29 is 4.74 Å². The van der Waals surface area contributed by atoms with Crippen LogP contribution in [0.15, 0.2) is 24.3 Å². The molecule has 2 N–H and O–H groups in total. The Morgan fingerprint density at radius 3 is 2.13 bits per heavy atom. The van der Waals surface area contributed by atoms with Crippen LogP contribution in [0.3, 0.4) is 0 Å². The van der Waals surface area contributed by atoms with E-state index < -0.39 is 0 Å². The Hall–Kier alpha value is -1.02. The van der Waals surface area contributed by atoms with E-state index in [2.05, 4.69) is 20.8 Å². The molecule has 0 bridgehead atoms. The largest absolute Gasteiger partial charge is 0.486 e. The molecule has 0 unspecified atom stereocenters. The van der Waals surface area contributed by atoms with E-state index in [0.717, 1.165) is 24.2 Å². The van der Waals surface area contributed by atoms with Gasteiger partial charge >= 0.3 is 0 Å². The Morgan fingerprint density at radius 2 is 1.73 bits per heavy atom. The molecule has 0 aliphatic rings. The SMILES string of the molecule is [CH2]c1ccc(OC(CC)(CC)CN)cc1. The van der Waals surface area contributed by atoms with E-state index in [9.17, 15) is 0 Å². The van der Waals surface area contributed by atoms with Crippen LogP contribution in [0.5, 0.6) is 5.75 Å². The second-order valence-electron chi connectivity index (χ2n) is 3.84. The van der Waals surface area contributed by atoms with Crippen molar-refractivity contribution in [3.63, 3.8) is 0 Å². The molecule has 0 fully saturated rings. The van der Waals surface area contributed by atoms with Crippen molar-refractivity contribution >= 4 is 0 Å². The highest BCUT2D eigenvalue weighted by Gasteiger charge is 2.26. The molecule has 0 amide bonds. The van der Waals surface area contributed by atoms with Crippen LogP contribution in [-0.4, -0.2) is 12.1 Å². The molecule has 0 saturated heterocycles. The van der Waals surface area contributed by atoms with E-state index in [4.69, 9.17) is 10.5 Å². The summed E-state index contributed by atoms with van der Waals surface area (Å²) in [4.78, 5) is 0. The van der Waals surface area contributed by atoms with Crippen molar-refractivity contribution in [1.82, 2.24) is 0 Å². The van der Waals surface area contributed by atoms with E-state index in [1.165, 1.54) is 0 Å². The molecule has 2 nitrogen and oxygen atoms in total. The zero-order valence-corrected chi connectivity index (χ0v) is 9.62. The van der Waals surface area contributed by atoms with Gasteiger partial charge in [0.15, 0.2) is 0 Å². The van der Waals surface area contributed by atoms with Gasteiger partial charge in [-0.3, -0.25) is 0 Å². The van der Waals surface area contributed by atoms with Gasteiger partial charge in [0.2, 0.25) is 0 Å². The predicted octanol–water partition coefficient (Wildman–Crippen LogP) is 2.77. The van der Waals surface area contributed by atoms with Gasteiger partial charge in [0.1, 0.15) is 11.4 Å². The lowest BCUT2D eigenvalue weighted by atomic mass is 9.97. The Balaban J connectivity index is 2.78. The van der Waals surface area contributed by atoms with Gasteiger partial charge < -0.3 is 10.5 Å². The molecule has 2 heteroatoms. The van der Waals surface area contributed by atoms with Crippen LogP contribution in [-0.2, 0) is 0 Å². The average molecular weight is 206 g/mol. The summed E-state index contributed by atoms with van der Waals surface area (Å²) in [6, 6.07) is 7.78. The van der Waals surface area contributed by atoms with Gasteiger partial charge in [0.25, 0.3) is 0 Å². The van der Waals surface area contributed by atoms with Gasteiger partial charge in [-0.2, -0.15) is 0 Å². The highest BCUT2D eigenvalue weighted by atomic mass is 16.5. The maximum atomic E-state index is 5.95. The zero-order valence-electron chi connectivity index (χ0n) is 9.62. The summed E-state index contributed by atoms with van der Waals surface area (Å²) >= 11 is 0. The van der Waals surface area contributed by atoms with Crippen LogP contribution in [0.4, 0.5) is 0 Å². The number of hydrogen-bond donors (Lipinski definition) is 1. The number of hydrogen-bond acceptors (Lipinski definition) is 2. The molecular weight excluding hydrogens is 186 g/mol. The molecule has 1 aromatic carbocycles.